The van der Waals surface area contributed by atoms with Crippen LogP contribution in [0.1, 0.15) is 43.7 Å². The van der Waals surface area contributed by atoms with Gasteiger partial charge in [0.25, 0.3) is 5.91 Å². The number of amides is 2. The predicted molar refractivity (Wildman–Crippen MR) is 108 cm³/mol. The molecule has 0 saturated carbocycles. The lowest BCUT2D eigenvalue weighted by Crippen LogP contribution is -2.46. The lowest BCUT2D eigenvalue weighted by Gasteiger charge is -2.26. The maximum Gasteiger partial charge on any atom is 0.303 e. The zero-order valence-corrected chi connectivity index (χ0v) is 17.6. The minimum absolute atomic E-state index is 0.128. The molecule has 3 rings (SSSR count). The summed E-state index contributed by atoms with van der Waals surface area (Å²) in [5, 5.41) is 6.78. The van der Waals surface area contributed by atoms with E-state index in [-0.39, 0.29) is 25.0 Å². The van der Waals surface area contributed by atoms with Crippen molar-refractivity contribution >= 4 is 17.8 Å². The summed E-state index contributed by atoms with van der Waals surface area (Å²) < 4.78 is 10.5. The normalized spacial score (nSPS) is 19.8. The predicted octanol–water partition coefficient (Wildman–Crippen LogP) is 2.18. The number of hydrogen-bond donors (Lipinski definition) is 1. The number of nitrogens with one attached hydrogen (secondary N) is 1. The van der Waals surface area contributed by atoms with Crippen LogP contribution in [0, 0.1) is 12.8 Å². The molecule has 1 saturated heterocycles. The summed E-state index contributed by atoms with van der Waals surface area (Å²) >= 11 is 0. The van der Waals surface area contributed by atoms with Gasteiger partial charge in [-0.3, -0.25) is 14.4 Å². The van der Waals surface area contributed by atoms with Gasteiger partial charge in [-0.2, -0.15) is 0 Å². The molecule has 1 aliphatic heterocycles. The molecule has 1 aromatic carbocycles. The van der Waals surface area contributed by atoms with Crippen molar-refractivity contribution in [2.75, 3.05) is 6.54 Å². The van der Waals surface area contributed by atoms with Crippen molar-refractivity contribution in [2.45, 2.75) is 52.3 Å². The van der Waals surface area contributed by atoms with Crippen LogP contribution in [0.3, 0.4) is 0 Å². The zero-order chi connectivity index (χ0) is 21.8. The Hall–Kier alpha value is -3.16. The summed E-state index contributed by atoms with van der Waals surface area (Å²) in [5.74, 6) is -1.60. The molecule has 2 heterocycles. The second-order valence-corrected chi connectivity index (χ2v) is 7.89. The number of likely N-dealkylation sites (tertiary alicyclic amines) is 1. The van der Waals surface area contributed by atoms with Crippen LogP contribution < -0.4 is 5.32 Å². The fourth-order valence-electron chi connectivity index (χ4n) is 3.86. The van der Waals surface area contributed by atoms with Crippen LogP contribution in [-0.2, 0) is 25.7 Å². The van der Waals surface area contributed by atoms with Crippen LogP contribution in [0.5, 0.6) is 0 Å². The summed E-state index contributed by atoms with van der Waals surface area (Å²) in [5.41, 5.74) is 1.41. The molecular formula is C22H27N3O5. The molecule has 1 fully saturated rings. The Balaban J connectivity index is 1.95. The van der Waals surface area contributed by atoms with Gasteiger partial charge < -0.3 is 19.5 Å². The molecule has 8 nitrogen and oxygen atoms in total. The summed E-state index contributed by atoms with van der Waals surface area (Å²) in [6, 6.07) is 10.9. The Morgan fingerprint density at radius 1 is 1.30 bits per heavy atom. The van der Waals surface area contributed by atoms with E-state index in [2.05, 4.69) is 10.5 Å². The minimum Gasteiger partial charge on any atom is -0.452 e. The van der Waals surface area contributed by atoms with E-state index in [1.165, 1.54) is 6.92 Å². The summed E-state index contributed by atoms with van der Waals surface area (Å²) in [4.78, 5) is 39.7. The number of rotatable bonds is 7. The molecule has 1 aromatic heterocycles. The third kappa shape index (κ3) is 4.87. The van der Waals surface area contributed by atoms with Crippen molar-refractivity contribution in [3.8, 4) is 0 Å². The van der Waals surface area contributed by atoms with E-state index in [0.717, 1.165) is 5.56 Å². The Kier molecular flexibility index (Phi) is 6.54. The molecule has 30 heavy (non-hydrogen) atoms. The zero-order valence-electron chi connectivity index (χ0n) is 17.6. The minimum atomic E-state index is -1.08. The summed E-state index contributed by atoms with van der Waals surface area (Å²) in [6.45, 7) is 7.22. The van der Waals surface area contributed by atoms with Gasteiger partial charge in [0.15, 0.2) is 6.10 Å². The van der Waals surface area contributed by atoms with Crippen LogP contribution in [0.4, 0.5) is 0 Å². The molecule has 0 spiro atoms. The van der Waals surface area contributed by atoms with Crippen LogP contribution >= 0.6 is 0 Å². The van der Waals surface area contributed by atoms with Gasteiger partial charge in [-0.25, -0.2) is 0 Å². The van der Waals surface area contributed by atoms with E-state index in [0.29, 0.717) is 11.5 Å². The molecule has 2 aromatic rings. The standard InChI is InChI=1S/C22H27N3O5/c1-13(2)23-21(27)20(29-15(4)26)18-12-25(11-17-10-14(3)30-24-17)22(28)19(18)16-8-6-5-7-9-16/h5-10,13,18-20H,11-12H2,1-4H3,(H,23,27)/t18?,19-,20?/m1/s1. The highest BCUT2D eigenvalue weighted by Crippen LogP contribution is 2.38. The number of hydrogen-bond acceptors (Lipinski definition) is 6. The van der Waals surface area contributed by atoms with E-state index in [9.17, 15) is 14.4 Å². The highest BCUT2D eigenvalue weighted by molar-refractivity contribution is 5.90. The first-order valence-corrected chi connectivity index (χ1v) is 9.99. The van der Waals surface area contributed by atoms with E-state index in [1.54, 1.807) is 17.9 Å². The maximum atomic E-state index is 13.4. The van der Waals surface area contributed by atoms with Crippen LogP contribution in [-0.4, -0.2) is 46.5 Å². The molecule has 3 atom stereocenters. The van der Waals surface area contributed by atoms with Crippen LogP contribution in [0.25, 0.3) is 0 Å². The summed E-state index contributed by atoms with van der Waals surface area (Å²) in [6.07, 6.45) is -1.08. The fraction of sp³-hybridized carbons (Fsp3) is 0.455. The molecule has 0 bridgehead atoms. The highest BCUT2D eigenvalue weighted by Gasteiger charge is 2.48. The smallest absolute Gasteiger partial charge is 0.303 e. The highest BCUT2D eigenvalue weighted by atomic mass is 16.5. The molecule has 8 heteroatoms. The Bertz CT molecular complexity index is 909. The Labute approximate surface area is 175 Å². The van der Waals surface area contributed by atoms with E-state index in [4.69, 9.17) is 9.26 Å². The van der Waals surface area contributed by atoms with Crippen molar-refractivity contribution in [2.24, 2.45) is 5.92 Å². The third-order valence-electron chi connectivity index (χ3n) is 5.00. The van der Waals surface area contributed by atoms with Crippen molar-refractivity contribution in [3.05, 3.63) is 53.4 Å². The van der Waals surface area contributed by atoms with Gasteiger partial charge in [0.1, 0.15) is 11.5 Å². The lowest BCUT2D eigenvalue weighted by atomic mass is 9.84. The number of aromatic nitrogens is 1. The molecular weight excluding hydrogens is 386 g/mol. The van der Waals surface area contributed by atoms with Gasteiger partial charge in [-0.15, -0.1) is 0 Å². The first-order valence-electron chi connectivity index (χ1n) is 9.99. The molecule has 0 radical (unpaired) electrons. The number of benzene rings is 1. The number of esters is 1. The molecule has 1 N–H and O–H groups in total. The monoisotopic (exact) mass is 413 g/mol. The van der Waals surface area contributed by atoms with E-state index >= 15 is 0 Å². The maximum absolute atomic E-state index is 13.4. The Morgan fingerprint density at radius 3 is 2.57 bits per heavy atom. The third-order valence-corrected chi connectivity index (χ3v) is 5.00. The Morgan fingerprint density at radius 2 is 2.00 bits per heavy atom. The van der Waals surface area contributed by atoms with Gasteiger partial charge in [-0.05, 0) is 26.3 Å². The first kappa shape index (κ1) is 21.5. The molecule has 2 amide bonds. The molecule has 0 aliphatic carbocycles. The lowest BCUT2D eigenvalue weighted by molar-refractivity contribution is -0.157. The van der Waals surface area contributed by atoms with E-state index in [1.807, 2.05) is 44.2 Å². The van der Waals surface area contributed by atoms with Crippen molar-refractivity contribution in [1.29, 1.82) is 0 Å². The van der Waals surface area contributed by atoms with Crippen LogP contribution in [0.15, 0.2) is 40.9 Å². The topological polar surface area (TPSA) is 102 Å². The van der Waals surface area contributed by atoms with E-state index < -0.39 is 29.8 Å². The largest absolute Gasteiger partial charge is 0.452 e. The second-order valence-electron chi connectivity index (χ2n) is 7.89. The van der Waals surface area contributed by atoms with Gasteiger partial charge in [-0.1, -0.05) is 35.5 Å². The molecule has 1 aliphatic rings. The average molecular weight is 413 g/mol. The van der Waals surface area contributed by atoms with Crippen molar-refractivity contribution in [1.82, 2.24) is 15.4 Å². The van der Waals surface area contributed by atoms with Gasteiger partial charge in [0.2, 0.25) is 5.91 Å². The number of aryl methyl sites for hydroxylation is 1. The van der Waals surface area contributed by atoms with Crippen molar-refractivity contribution in [3.63, 3.8) is 0 Å². The van der Waals surface area contributed by atoms with Crippen molar-refractivity contribution < 1.29 is 23.6 Å². The first-order chi connectivity index (χ1) is 14.3. The number of ether oxygens (including phenoxy) is 1. The number of nitrogens with zero attached hydrogens (tertiary/aromatic N) is 2. The quantitative estimate of drug-likeness (QED) is 0.698. The SMILES string of the molecule is CC(=O)OC(C(=O)NC(C)C)C1CN(Cc2cc(C)on2)C(=O)[C@@H]1c1ccccc1. The number of carbonyl (C=O) groups is 3. The fourth-order valence-corrected chi connectivity index (χ4v) is 3.86. The average Bonchev–Trinajstić information content (AvgIpc) is 3.23. The number of carbonyl (C=O) groups excluding carboxylic acids is 3. The van der Waals surface area contributed by atoms with Gasteiger partial charge in [0.05, 0.1) is 12.5 Å². The second kappa shape index (κ2) is 9.11. The summed E-state index contributed by atoms with van der Waals surface area (Å²) in [7, 11) is 0. The molecule has 160 valence electrons. The van der Waals surface area contributed by atoms with Crippen LogP contribution in [0.2, 0.25) is 0 Å². The van der Waals surface area contributed by atoms with Gasteiger partial charge in [0, 0.05) is 31.5 Å². The molecule has 2 unspecified atom stereocenters. The van der Waals surface area contributed by atoms with Gasteiger partial charge >= 0.3 is 5.97 Å².